The number of furan rings is 1. The fraction of sp³-hybridized carbons (Fsp3) is 0.0784. The number of hydrazine groups is 1. The first-order valence-electron chi connectivity index (χ1n) is 19.7. The summed E-state index contributed by atoms with van der Waals surface area (Å²) in [4.78, 5) is 0. The second-order valence-electron chi connectivity index (χ2n) is 15.2. The van der Waals surface area contributed by atoms with E-state index in [9.17, 15) is 5.41 Å². The van der Waals surface area contributed by atoms with Gasteiger partial charge in [0, 0.05) is 55.8 Å². The maximum absolute atomic E-state index is 9.37. The number of hydrogen-bond acceptors (Lipinski definition) is 3. The van der Waals surface area contributed by atoms with E-state index in [0.717, 1.165) is 85.8 Å². The van der Waals surface area contributed by atoms with Crippen LogP contribution < -0.4 is 0 Å². The number of aromatic nitrogens is 2. The van der Waals surface area contributed by atoms with Gasteiger partial charge in [-0.2, -0.15) is 5.01 Å². The lowest BCUT2D eigenvalue weighted by molar-refractivity contribution is 0.430. The highest BCUT2D eigenvalue weighted by Crippen LogP contribution is 2.46. The van der Waals surface area contributed by atoms with Crippen molar-refractivity contribution in [3.8, 4) is 11.4 Å². The first-order valence-corrected chi connectivity index (χ1v) is 19.7. The minimum absolute atomic E-state index is 0.0829. The van der Waals surface area contributed by atoms with Gasteiger partial charge in [0.05, 0.1) is 22.1 Å². The molecule has 272 valence electrons. The van der Waals surface area contributed by atoms with Crippen LogP contribution in [0.4, 0.5) is 0 Å². The van der Waals surface area contributed by atoms with Crippen LogP contribution in [0.2, 0.25) is 0 Å². The molecule has 7 aromatic carbocycles. The van der Waals surface area contributed by atoms with Crippen molar-refractivity contribution in [2.24, 2.45) is 0 Å². The molecule has 1 saturated heterocycles. The topological polar surface area (TPSA) is 52.9 Å². The van der Waals surface area contributed by atoms with Crippen LogP contribution in [0.5, 0.6) is 0 Å². The molecule has 3 aromatic heterocycles. The Morgan fingerprint density at radius 2 is 1.30 bits per heavy atom. The van der Waals surface area contributed by atoms with Gasteiger partial charge < -0.3 is 13.6 Å². The quantitative estimate of drug-likeness (QED) is 0.105. The monoisotopic (exact) mass is 735 g/mol. The third-order valence-electron chi connectivity index (χ3n) is 11.9. The summed E-state index contributed by atoms with van der Waals surface area (Å²) < 4.78 is 11.6. The van der Waals surface area contributed by atoms with Gasteiger partial charge in [-0.15, -0.1) is 0 Å². The molecule has 6 heteroatoms. The number of allylic oxidation sites excluding steroid dienone is 2. The number of hydrogen-bond donors (Lipinski definition) is 1. The molecule has 6 nitrogen and oxygen atoms in total. The zero-order valence-corrected chi connectivity index (χ0v) is 31.1. The molecule has 4 heterocycles. The summed E-state index contributed by atoms with van der Waals surface area (Å²) in [6.45, 7) is 0.748. The van der Waals surface area contributed by atoms with Crippen LogP contribution in [0.1, 0.15) is 30.1 Å². The first kappa shape index (κ1) is 32.1. The number of nitrogens with zero attached hydrogens (tertiary/aromatic N) is 4. The SMILES string of the molecule is N=C(c1ccccc1)N1C(c2cccc(-n3c4cc5c(cc4c4ccc6c7ccccc7oc6c43)c3ccccc3n5-c3ccccc3)c2)[N@]1CC1=CCCC=C1. The highest BCUT2D eigenvalue weighted by Gasteiger charge is 2.48. The Hall–Kier alpha value is -7.15. The van der Waals surface area contributed by atoms with E-state index in [4.69, 9.17) is 4.42 Å². The molecule has 57 heavy (non-hydrogen) atoms. The molecule has 0 saturated carbocycles. The van der Waals surface area contributed by atoms with Crippen LogP contribution in [-0.4, -0.2) is 31.5 Å². The summed E-state index contributed by atoms with van der Waals surface area (Å²) in [6, 6.07) is 56.0. The van der Waals surface area contributed by atoms with E-state index in [1.807, 2.05) is 36.4 Å². The number of nitrogens with one attached hydrogen (secondary N) is 1. The Labute approximate surface area is 328 Å². The molecule has 10 aromatic rings. The van der Waals surface area contributed by atoms with Crippen molar-refractivity contribution >= 4 is 71.4 Å². The van der Waals surface area contributed by atoms with Gasteiger partial charge >= 0.3 is 0 Å². The summed E-state index contributed by atoms with van der Waals surface area (Å²) in [5.74, 6) is 0.503. The zero-order valence-electron chi connectivity index (χ0n) is 31.1. The largest absolute Gasteiger partial charge is 0.454 e. The smallest absolute Gasteiger partial charge is 0.160 e. The van der Waals surface area contributed by atoms with E-state index >= 15 is 0 Å². The Morgan fingerprint density at radius 3 is 2.14 bits per heavy atom. The van der Waals surface area contributed by atoms with Gasteiger partial charge in [-0.1, -0.05) is 121 Å². The lowest BCUT2D eigenvalue weighted by Gasteiger charge is -2.11. The number of benzene rings is 7. The van der Waals surface area contributed by atoms with Gasteiger partial charge in [-0.3, -0.25) is 10.4 Å². The molecule has 0 radical (unpaired) electrons. The van der Waals surface area contributed by atoms with Gasteiger partial charge in [0.1, 0.15) is 17.6 Å². The fourth-order valence-electron chi connectivity index (χ4n) is 9.32. The number of fused-ring (bicyclic) bond motifs is 10. The van der Waals surface area contributed by atoms with Gasteiger partial charge in [-0.25, -0.2) is 0 Å². The van der Waals surface area contributed by atoms with Crippen molar-refractivity contribution in [3.05, 3.63) is 193 Å². The highest BCUT2D eigenvalue weighted by atomic mass is 16.3. The van der Waals surface area contributed by atoms with Gasteiger partial charge in [-0.05, 0) is 78.6 Å². The summed E-state index contributed by atoms with van der Waals surface area (Å²) >= 11 is 0. The minimum atomic E-state index is -0.0829. The van der Waals surface area contributed by atoms with Gasteiger partial charge in [0.25, 0.3) is 0 Å². The van der Waals surface area contributed by atoms with E-state index in [-0.39, 0.29) is 6.17 Å². The average molecular weight is 736 g/mol. The van der Waals surface area contributed by atoms with Crippen LogP contribution in [-0.2, 0) is 0 Å². The predicted octanol–water partition coefficient (Wildman–Crippen LogP) is 12.6. The van der Waals surface area contributed by atoms with Gasteiger partial charge in [0.2, 0.25) is 0 Å². The van der Waals surface area contributed by atoms with E-state index in [0.29, 0.717) is 5.84 Å². The Balaban J connectivity index is 1.11. The van der Waals surface area contributed by atoms with Crippen molar-refractivity contribution in [1.82, 2.24) is 19.2 Å². The van der Waals surface area contributed by atoms with E-state index in [1.54, 1.807) is 0 Å². The van der Waals surface area contributed by atoms with Crippen LogP contribution >= 0.6 is 0 Å². The zero-order chi connectivity index (χ0) is 37.6. The maximum Gasteiger partial charge on any atom is 0.160 e. The molecule has 1 aliphatic carbocycles. The molecular formula is C51H37N5O. The molecule has 0 spiro atoms. The second-order valence-corrected chi connectivity index (χ2v) is 15.2. The van der Waals surface area contributed by atoms with Crippen molar-refractivity contribution < 1.29 is 4.42 Å². The lowest BCUT2D eigenvalue weighted by atomic mass is 10.1. The highest BCUT2D eigenvalue weighted by molar-refractivity contribution is 6.24. The second kappa shape index (κ2) is 12.4. The summed E-state index contributed by atoms with van der Waals surface area (Å²) in [7, 11) is 0. The third kappa shape index (κ3) is 4.91. The summed E-state index contributed by atoms with van der Waals surface area (Å²) in [5, 5.41) is 20.8. The molecule has 1 fully saturated rings. The maximum atomic E-state index is 9.37. The molecule has 1 N–H and O–H groups in total. The van der Waals surface area contributed by atoms with E-state index in [2.05, 4.69) is 159 Å². The molecule has 2 atom stereocenters. The summed E-state index contributed by atoms with van der Waals surface area (Å²) in [5.41, 5.74) is 11.8. The van der Waals surface area contributed by atoms with E-state index < -0.39 is 0 Å². The minimum Gasteiger partial charge on any atom is -0.454 e. The van der Waals surface area contributed by atoms with Crippen molar-refractivity contribution in [1.29, 1.82) is 5.41 Å². The number of amidine groups is 1. The van der Waals surface area contributed by atoms with Crippen LogP contribution in [0.3, 0.4) is 0 Å². The third-order valence-corrected chi connectivity index (χ3v) is 11.9. The van der Waals surface area contributed by atoms with Crippen molar-refractivity contribution in [3.63, 3.8) is 0 Å². The van der Waals surface area contributed by atoms with Crippen LogP contribution in [0.15, 0.2) is 186 Å². The Kier molecular flexibility index (Phi) is 7.01. The predicted molar refractivity (Wildman–Crippen MR) is 233 cm³/mol. The van der Waals surface area contributed by atoms with E-state index in [1.165, 1.54) is 27.2 Å². The molecule has 1 unspecified atom stereocenters. The number of rotatable bonds is 6. The van der Waals surface area contributed by atoms with Crippen molar-refractivity contribution in [2.45, 2.75) is 19.0 Å². The molecule has 1 aliphatic heterocycles. The molecular weight excluding hydrogens is 699 g/mol. The standard InChI is InChI=1S/C51H37N5O/c52-50(34-17-6-2-7-18-34)56-51(53(56)32-33-15-4-1-5-16-33)35-19-14-22-37(29-35)55-46-31-45-42(38-23-10-12-25-44(38)54(45)36-20-8-3-9-21-36)30-43(46)40-27-28-41-39-24-11-13-26-47(39)57-49(41)48(40)55/h2-4,6-31,51-52H,1,5,32H2/t51?,53-,56?/m0/s1. The summed E-state index contributed by atoms with van der Waals surface area (Å²) in [6.07, 6.45) is 8.88. The Bertz CT molecular complexity index is 3310. The number of para-hydroxylation sites is 3. The first-order chi connectivity index (χ1) is 28.2. The van der Waals surface area contributed by atoms with Crippen molar-refractivity contribution in [2.75, 3.05) is 6.54 Å². The molecule has 0 bridgehead atoms. The lowest BCUT2D eigenvalue weighted by Crippen LogP contribution is -2.18. The normalized spacial score (nSPS) is 16.8. The molecule has 2 aliphatic rings. The molecule has 12 rings (SSSR count). The van der Waals surface area contributed by atoms with Crippen LogP contribution in [0.25, 0.3) is 76.9 Å². The Morgan fingerprint density at radius 1 is 0.579 bits per heavy atom. The van der Waals surface area contributed by atoms with Crippen LogP contribution in [0, 0.1) is 5.41 Å². The van der Waals surface area contributed by atoms with Gasteiger partial charge in [0.15, 0.2) is 5.58 Å². The average Bonchev–Trinajstić information content (AvgIpc) is 3.52. The molecule has 0 amide bonds. The fourth-order valence-corrected chi connectivity index (χ4v) is 9.32.